The van der Waals surface area contributed by atoms with Crippen molar-refractivity contribution in [3.8, 4) is 12.3 Å². The highest BCUT2D eigenvalue weighted by Crippen LogP contribution is 2.17. The van der Waals surface area contributed by atoms with Crippen LogP contribution in [0.4, 0.5) is 0 Å². The van der Waals surface area contributed by atoms with Crippen molar-refractivity contribution >= 4 is 11.9 Å². The van der Waals surface area contributed by atoms with Crippen LogP contribution >= 0.6 is 0 Å². The molecule has 92 valence electrons. The van der Waals surface area contributed by atoms with E-state index in [-0.39, 0.29) is 11.5 Å². The maximum absolute atomic E-state index is 12.2. The first-order valence-corrected chi connectivity index (χ1v) is 5.76. The van der Waals surface area contributed by atoms with Gasteiger partial charge in [0.1, 0.15) is 0 Å². The molecule has 1 amide bonds. The van der Waals surface area contributed by atoms with Crippen molar-refractivity contribution in [2.24, 2.45) is 0 Å². The number of carbonyl (C=O) groups is 2. The lowest BCUT2D eigenvalue weighted by molar-refractivity contribution is 0.0695. The van der Waals surface area contributed by atoms with E-state index in [1.807, 2.05) is 0 Å². The second-order valence-electron chi connectivity index (χ2n) is 4.21. The van der Waals surface area contributed by atoms with Crippen LogP contribution in [-0.4, -0.2) is 35.0 Å². The molecule has 18 heavy (non-hydrogen) atoms. The number of nitrogens with zero attached hydrogens (tertiary/aromatic N) is 1. The highest BCUT2D eigenvalue weighted by Gasteiger charge is 2.22. The van der Waals surface area contributed by atoms with Gasteiger partial charge in [-0.3, -0.25) is 4.79 Å². The minimum Gasteiger partial charge on any atom is -0.478 e. The summed E-state index contributed by atoms with van der Waals surface area (Å²) in [5.41, 5.74) is 0.845. The number of benzene rings is 1. The summed E-state index contributed by atoms with van der Waals surface area (Å²) in [6, 6.07) is 4.28. The molecular formula is C14H13NO3. The zero-order chi connectivity index (χ0) is 13.1. The molecule has 1 heterocycles. The Morgan fingerprint density at radius 2 is 1.94 bits per heavy atom. The van der Waals surface area contributed by atoms with Gasteiger partial charge in [0.15, 0.2) is 0 Å². The molecule has 0 aromatic heterocycles. The van der Waals surface area contributed by atoms with Gasteiger partial charge in [-0.1, -0.05) is 5.92 Å². The molecule has 0 radical (unpaired) electrons. The zero-order valence-electron chi connectivity index (χ0n) is 9.85. The first-order chi connectivity index (χ1) is 8.63. The Morgan fingerprint density at radius 3 is 2.50 bits per heavy atom. The van der Waals surface area contributed by atoms with Crippen LogP contribution in [0.2, 0.25) is 0 Å². The number of rotatable bonds is 2. The van der Waals surface area contributed by atoms with E-state index >= 15 is 0 Å². The monoisotopic (exact) mass is 243 g/mol. The Balaban J connectivity index is 2.36. The molecular weight excluding hydrogens is 230 g/mol. The summed E-state index contributed by atoms with van der Waals surface area (Å²) in [6.07, 6.45) is 7.35. The van der Waals surface area contributed by atoms with Crippen molar-refractivity contribution in [1.29, 1.82) is 0 Å². The molecule has 0 saturated carbocycles. The van der Waals surface area contributed by atoms with E-state index in [2.05, 4.69) is 5.92 Å². The van der Waals surface area contributed by atoms with Crippen LogP contribution in [0.25, 0.3) is 0 Å². The summed E-state index contributed by atoms with van der Waals surface area (Å²) in [6.45, 7) is 1.48. The van der Waals surface area contributed by atoms with Gasteiger partial charge in [-0.05, 0) is 31.0 Å². The molecule has 0 spiro atoms. The quantitative estimate of drug-likeness (QED) is 0.803. The predicted octanol–water partition coefficient (Wildman–Crippen LogP) is 1.60. The van der Waals surface area contributed by atoms with Crippen molar-refractivity contribution in [2.45, 2.75) is 12.8 Å². The third-order valence-corrected chi connectivity index (χ3v) is 3.05. The van der Waals surface area contributed by atoms with Gasteiger partial charge in [0, 0.05) is 18.7 Å². The molecule has 4 heteroatoms. The lowest BCUT2D eigenvalue weighted by atomic mass is 10.0. The van der Waals surface area contributed by atoms with Crippen molar-refractivity contribution in [1.82, 2.24) is 4.90 Å². The minimum absolute atomic E-state index is 0.0981. The summed E-state index contributed by atoms with van der Waals surface area (Å²) in [4.78, 5) is 24.8. The van der Waals surface area contributed by atoms with Gasteiger partial charge in [0.2, 0.25) is 0 Å². The molecule has 0 aliphatic carbocycles. The maximum Gasteiger partial charge on any atom is 0.335 e. The molecule has 1 fully saturated rings. The average Bonchev–Trinajstić information content (AvgIpc) is 2.90. The van der Waals surface area contributed by atoms with E-state index < -0.39 is 5.97 Å². The van der Waals surface area contributed by atoms with E-state index in [4.69, 9.17) is 11.5 Å². The Labute approximate surface area is 105 Å². The SMILES string of the molecule is C#Cc1cc(C(=O)O)ccc1C(=O)N1CCCC1. The molecule has 4 nitrogen and oxygen atoms in total. The van der Waals surface area contributed by atoms with Gasteiger partial charge >= 0.3 is 5.97 Å². The summed E-state index contributed by atoms with van der Waals surface area (Å²) >= 11 is 0. The molecule has 1 aliphatic heterocycles. The fourth-order valence-electron chi connectivity index (χ4n) is 2.07. The van der Waals surface area contributed by atoms with Crippen molar-refractivity contribution in [2.75, 3.05) is 13.1 Å². The molecule has 0 unspecified atom stereocenters. The number of hydrogen-bond acceptors (Lipinski definition) is 2. The van der Waals surface area contributed by atoms with Crippen LogP contribution in [0.1, 0.15) is 39.1 Å². The van der Waals surface area contributed by atoms with Crippen LogP contribution in [-0.2, 0) is 0 Å². The Hall–Kier alpha value is -2.28. The van der Waals surface area contributed by atoms with Crippen molar-refractivity contribution < 1.29 is 14.7 Å². The van der Waals surface area contributed by atoms with E-state index in [0.29, 0.717) is 11.1 Å². The molecule has 2 rings (SSSR count). The highest BCUT2D eigenvalue weighted by molar-refractivity contribution is 5.98. The topological polar surface area (TPSA) is 57.6 Å². The second-order valence-corrected chi connectivity index (χ2v) is 4.21. The second kappa shape index (κ2) is 4.92. The number of carboxylic acid groups (broad SMARTS) is 1. The maximum atomic E-state index is 12.2. The number of terminal acetylenes is 1. The number of hydrogen-bond donors (Lipinski definition) is 1. The number of likely N-dealkylation sites (tertiary alicyclic amines) is 1. The van der Waals surface area contributed by atoms with Gasteiger partial charge in [-0.15, -0.1) is 6.42 Å². The molecule has 1 N–H and O–H groups in total. The molecule has 0 atom stereocenters. The fraction of sp³-hybridized carbons (Fsp3) is 0.286. The summed E-state index contributed by atoms with van der Waals surface area (Å²) < 4.78 is 0. The summed E-state index contributed by atoms with van der Waals surface area (Å²) in [5.74, 6) is 1.22. The summed E-state index contributed by atoms with van der Waals surface area (Å²) in [5, 5.41) is 8.88. The standard InChI is InChI=1S/C14H13NO3/c1-2-10-9-11(14(17)18)5-6-12(10)13(16)15-7-3-4-8-15/h1,5-6,9H,3-4,7-8H2,(H,17,18). The van der Waals surface area contributed by atoms with Crippen LogP contribution in [0, 0.1) is 12.3 Å². The summed E-state index contributed by atoms with van der Waals surface area (Å²) in [7, 11) is 0. The lowest BCUT2D eigenvalue weighted by Crippen LogP contribution is -2.28. The molecule has 1 aromatic carbocycles. The predicted molar refractivity (Wildman–Crippen MR) is 66.5 cm³/mol. The number of carbonyl (C=O) groups excluding carboxylic acids is 1. The Morgan fingerprint density at radius 1 is 1.28 bits per heavy atom. The van der Waals surface area contributed by atoms with Crippen molar-refractivity contribution in [3.05, 3.63) is 34.9 Å². The smallest absolute Gasteiger partial charge is 0.335 e. The van der Waals surface area contributed by atoms with Gasteiger partial charge in [0.05, 0.1) is 11.1 Å². The number of carboxylic acids is 1. The van der Waals surface area contributed by atoms with E-state index in [0.717, 1.165) is 25.9 Å². The fourth-order valence-corrected chi connectivity index (χ4v) is 2.07. The van der Waals surface area contributed by atoms with Crippen molar-refractivity contribution in [3.63, 3.8) is 0 Å². The van der Waals surface area contributed by atoms with Crippen LogP contribution in [0.3, 0.4) is 0 Å². The number of aromatic carboxylic acids is 1. The average molecular weight is 243 g/mol. The van der Waals surface area contributed by atoms with E-state index in [1.165, 1.54) is 18.2 Å². The van der Waals surface area contributed by atoms with Crippen LogP contribution in [0.15, 0.2) is 18.2 Å². The Kier molecular flexibility index (Phi) is 3.33. The van der Waals surface area contributed by atoms with Gasteiger partial charge < -0.3 is 10.0 Å². The molecule has 1 saturated heterocycles. The van der Waals surface area contributed by atoms with Crippen LogP contribution in [0.5, 0.6) is 0 Å². The zero-order valence-corrected chi connectivity index (χ0v) is 9.85. The third kappa shape index (κ3) is 2.21. The first kappa shape index (κ1) is 12.2. The van der Waals surface area contributed by atoms with Gasteiger partial charge in [-0.25, -0.2) is 4.79 Å². The largest absolute Gasteiger partial charge is 0.478 e. The van der Waals surface area contributed by atoms with E-state index in [1.54, 1.807) is 4.90 Å². The molecule has 0 bridgehead atoms. The van der Waals surface area contributed by atoms with Crippen LogP contribution < -0.4 is 0 Å². The highest BCUT2D eigenvalue weighted by atomic mass is 16.4. The minimum atomic E-state index is -1.05. The van der Waals surface area contributed by atoms with E-state index in [9.17, 15) is 9.59 Å². The third-order valence-electron chi connectivity index (χ3n) is 3.05. The Bertz CT molecular complexity index is 536. The molecule has 1 aromatic rings. The normalized spacial score (nSPS) is 14.3. The van der Waals surface area contributed by atoms with Gasteiger partial charge in [0.25, 0.3) is 5.91 Å². The first-order valence-electron chi connectivity index (χ1n) is 5.76. The lowest BCUT2D eigenvalue weighted by Gasteiger charge is -2.16. The number of amides is 1. The molecule has 1 aliphatic rings. The van der Waals surface area contributed by atoms with Gasteiger partial charge in [-0.2, -0.15) is 0 Å².